The van der Waals surface area contributed by atoms with Crippen molar-refractivity contribution in [1.29, 1.82) is 0 Å². The molecule has 0 heterocycles. The Kier molecular flexibility index (Phi) is 4.62. The van der Waals surface area contributed by atoms with Gasteiger partial charge in [0.05, 0.1) is 5.60 Å². The molecule has 2 aliphatic rings. The van der Waals surface area contributed by atoms with E-state index in [0.29, 0.717) is 11.5 Å². The van der Waals surface area contributed by atoms with Gasteiger partial charge in [0.1, 0.15) is 0 Å². The fourth-order valence-corrected chi connectivity index (χ4v) is 3.76. The molecule has 0 saturated heterocycles. The molecule has 0 aromatic rings. The standard InChI is InChI=1S/C17H33NO/c1-13-6-5-7-15(14(13)2)18-12-17(19)10-8-16(3,4)9-11-17/h13-15,18-19H,5-12H2,1-4H3. The number of nitrogens with one attached hydrogen (secondary N) is 1. The molecule has 2 heteroatoms. The predicted molar refractivity (Wildman–Crippen MR) is 81.2 cm³/mol. The van der Waals surface area contributed by atoms with Crippen LogP contribution in [0.2, 0.25) is 0 Å². The van der Waals surface area contributed by atoms with Crippen molar-refractivity contribution in [3.63, 3.8) is 0 Å². The molecule has 2 saturated carbocycles. The second-order valence-corrected chi connectivity index (χ2v) is 8.14. The summed E-state index contributed by atoms with van der Waals surface area (Å²) in [5.74, 6) is 1.57. The van der Waals surface area contributed by atoms with Crippen LogP contribution in [-0.4, -0.2) is 23.3 Å². The fraction of sp³-hybridized carbons (Fsp3) is 1.00. The highest BCUT2D eigenvalue weighted by Crippen LogP contribution is 2.40. The van der Waals surface area contributed by atoms with E-state index >= 15 is 0 Å². The first-order chi connectivity index (χ1) is 8.81. The summed E-state index contributed by atoms with van der Waals surface area (Å²) in [5, 5.41) is 14.4. The second-order valence-electron chi connectivity index (χ2n) is 8.14. The van der Waals surface area contributed by atoms with Gasteiger partial charge in [0.2, 0.25) is 0 Å². The van der Waals surface area contributed by atoms with Gasteiger partial charge < -0.3 is 10.4 Å². The maximum atomic E-state index is 10.7. The zero-order valence-corrected chi connectivity index (χ0v) is 13.3. The highest BCUT2D eigenvalue weighted by atomic mass is 16.3. The van der Waals surface area contributed by atoms with Crippen molar-refractivity contribution in [2.24, 2.45) is 17.3 Å². The molecule has 3 unspecified atom stereocenters. The van der Waals surface area contributed by atoms with Gasteiger partial charge in [-0.2, -0.15) is 0 Å². The summed E-state index contributed by atoms with van der Waals surface area (Å²) in [6.07, 6.45) is 8.23. The van der Waals surface area contributed by atoms with E-state index in [1.54, 1.807) is 0 Å². The number of hydrogen-bond donors (Lipinski definition) is 2. The Balaban J connectivity index is 1.81. The molecule has 0 aromatic carbocycles. The molecule has 2 nitrogen and oxygen atoms in total. The third kappa shape index (κ3) is 3.95. The number of aliphatic hydroxyl groups is 1. The topological polar surface area (TPSA) is 32.3 Å². The fourth-order valence-electron chi connectivity index (χ4n) is 3.76. The van der Waals surface area contributed by atoms with Crippen LogP contribution < -0.4 is 5.32 Å². The maximum Gasteiger partial charge on any atom is 0.0772 e. The molecule has 2 aliphatic carbocycles. The molecule has 112 valence electrons. The Morgan fingerprint density at radius 1 is 1.05 bits per heavy atom. The molecule has 0 aromatic heterocycles. The lowest BCUT2D eigenvalue weighted by Gasteiger charge is -2.42. The Hall–Kier alpha value is -0.0800. The molecule has 2 rings (SSSR count). The van der Waals surface area contributed by atoms with Gasteiger partial charge in [0.25, 0.3) is 0 Å². The molecule has 0 bridgehead atoms. The van der Waals surface area contributed by atoms with E-state index in [2.05, 4.69) is 33.0 Å². The van der Waals surface area contributed by atoms with Crippen LogP contribution in [0.5, 0.6) is 0 Å². The number of rotatable bonds is 3. The summed E-state index contributed by atoms with van der Waals surface area (Å²) in [4.78, 5) is 0. The largest absolute Gasteiger partial charge is 0.389 e. The Morgan fingerprint density at radius 2 is 1.68 bits per heavy atom. The Morgan fingerprint density at radius 3 is 2.32 bits per heavy atom. The second kappa shape index (κ2) is 5.73. The van der Waals surface area contributed by atoms with E-state index in [0.717, 1.165) is 44.1 Å². The van der Waals surface area contributed by atoms with Crippen LogP contribution in [0.25, 0.3) is 0 Å². The quantitative estimate of drug-likeness (QED) is 0.816. The summed E-state index contributed by atoms with van der Waals surface area (Å²) in [5.41, 5.74) is -0.0190. The average molecular weight is 267 g/mol. The highest BCUT2D eigenvalue weighted by Gasteiger charge is 2.37. The SMILES string of the molecule is CC1CCCC(NCC2(O)CCC(C)(C)CC2)C1C. The number of hydrogen-bond acceptors (Lipinski definition) is 2. The third-order valence-corrected chi connectivity index (χ3v) is 5.93. The molecule has 0 aliphatic heterocycles. The first-order valence-corrected chi connectivity index (χ1v) is 8.27. The lowest BCUT2D eigenvalue weighted by atomic mass is 9.70. The van der Waals surface area contributed by atoms with Crippen molar-refractivity contribution in [2.75, 3.05) is 6.54 Å². The van der Waals surface area contributed by atoms with Gasteiger partial charge in [-0.15, -0.1) is 0 Å². The molecular formula is C17H33NO. The van der Waals surface area contributed by atoms with Crippen molar-refractivity contribution < 1.29 is 5.11 Å². The minimum atomic E-state index is -0.448. The molecule has 19 heavy (non-hydrogen) atoms. The van der Waals surface area contributed by atoms with Crippen LogP contribution in [0.4, 0.5) is 0 Å². The normalized spacial score (nSPS) is 38.1. The van der Waals surface area contributed by atoms with E-state index in [1.165, 1.54) is 19.3 Å². The smallest absolute Gasteiger partial charge is 0.0772 e. The summed E-state index contributed by atoms with van der Waals surface area (Å²) < 4.78 is 0. The molecule has 0 spiro atoms. The predicted octanol–water partition coefficient (Wildman–Crippen LogP) is 3.73. The first kappa shape index (κ1) is 15.3. The van der Waals surface area contributed by atoms with Crippen molar-refractivity contribution >= 4 is 0 Å². The molecular weight excluding hydrogens is 234 g/mol. The van der Waals surface area contributed by atoms with Crippen molar-refractivity contribution in [1.82, 2.24) is 5.32 Å². The summed E-state index contributed by atoms with van der Waals surface area (Å²) >= 11 is 0. The lowest BCUT2D eigenvalue weighted by molar-refractivity contribution is -0.0287. The Labute approximate surface area is 119 Å². The first-order valence-electron chi connectivity index (χ1n) is 8.27. The van der Waals surface area contributed by atoms with Crippen LogP contribution in [0.3, 0.4) is 0 Å². The molecule has 0 radical (unpaired) electrons. The molecule has 3 atom stereocenters. The van der Waals surface area contributed by atoms with E-state index in [-0.39, 0.29) is 0 Å². The average Bonchev–Trinajstić information content (AvgIpc) is 2.36. The van der Waals surface area contributed by atoms with E-state index in [1.807, 2.05) is 0 Å². The summed E-state index contributed by atoms with van der Waals surface area (Å²) in [6.45, 7) is 10.2. The van der Waals surface area contributed by atoms with Gasteiger partial charge >= 0.3 is 0 Å². The summed E-state index contributed by atoms with van der Waals surface area (Å²) in [6, 6.07) is 0.614. The van der Waals surface area contributed by atoms with Crippen LogP contribution in [0.15, 0.2) is 0 Å². The summed E-state index contributed by atoms with van der Waals surface area (Å²) in [7, 11) is 0. The van der Waals surface area contributed by atoms with Crippen LogP contribution in [0, 0.1) is 17.3 Å². The van der Waals surface area contributed by atoms with Gasteiger partial charge in [-0.05, 0) is 49.4 Å². The monoisotopic (exact) mass is 267 g/mol. The van der Waals surface area contributed by atoms with Gasteiger partial charge in [0.15, 0.2) is 0 Å². The van der Waals surface area contributed by atoms with Crippen molar-refractivity contribution in [2.45, 2.75) is 84.3 Å². The van der Waals surface area contributed by atoms with Crippen molar-refractivity contribution in [3.8, 4) is 0 Å². The van der Waals surface area contributed by atoms with Crippen molar-refractivity contribution in [3.05, 3.63) is 0 Å². The van der Waals surface area contributed by atoms with E-state index < -0.39 is 5.60 Å². The highest BCUT2D eigenvalue weighted by molar-refractivity contribution is 4.92. The lowest BCUT2D eigenvalue weighted by Crippen LogP contribution is -2.50. The van der Waals surface area contributed by atoms with Crippen LogP contribution in [0.1, 0.15) is 72.6 Å². The van der Waals surface area contributed by atoms with Gasteiger partial charge in [-0.1, -0.05) is 40.5 Å². The van der Waals surface area contributed by atoms with E-state index in [9.17, 15) is 5.11 Å². The minimum Gasteiger partial charge on any atom is -0.389 e. The van der Waals surface area contributed by atoms with Crippen LogP contribution >= 0.6 is 0 Å². The third-order valence-electron chi connectivity index (χ3n) is 5.93. The minimum absolute atomic E-state index is 0.429. The zero-order valence-electron chi connectivity index (χ0n) is 13.3. The van der Waals surface area contributed by atoms with Gasteiger partial charge in [-0.3, -0.25) is 0 Å². The maximum absolute atomic E-state index is 10.7. The molecule has 0 amide bonds. The van der Waals surface area contributed by atoms with Crippen LogP contribution in [-0.2, 0) is 0 Å². The van der Waals surface area contributed by atoms with Gasteiger partial charge in [-0.25, -0.2) is 0 Å². The Bertz CT molecular complexity index is 290. The molecule has 2 fully saturated rings. The van der Waals surface area contributed by atoms with Gasteiger partial charge in [0, 0.05) is 12.6 Å². The zero-order chi connectivity index (χ0) is 14.1. The molecule has 2 N–H and O–H groups in total. The van der Waals surface area contributed by atoms with E-state index in [4.69, 9.17) is 0 Å².